The van der Waals surface area contributed by atoms with E-state index in [1.54, 1.807) is 7.11 Å². The summed E-state index contributed by atoms with van der Waals surface area (Å²) < 4.78 is 5.27. The quantitative estimate of drug-likeness (QED) is 0.647. The van der Waals surface area contributed by atoms with Crippen LogP contribution in [0.1, 0.15) is 42.5 Å². The van der Waals surface area contributed by atoms with Gasteiger partial charge in [-0.25, -0.2) is 5.43 Å². The molecule has 3 nitrogen and oxygen atoms in total. The number of hydrazine groups is 1. The highest BCUT2D eigenvalue weighted by Gasteiger charge is 2.13. The molecule has 3 N–H and O–H groups in total. The van der Waals surface area contributed by atoms with Crippen LogP contribution in [-0.4, -0.2) is 7.11 Å². The molecule has 2 aromatic carbocycles. The fraction of sp³-hybridized carbons (Fsp3) is 0.294. The Morgan fingerprint density at radius 3 is 2.15 bits per heavy atom. The Balaban J connectivity index is 2.31. The van der Waals surface area contributed by atoms with Crippen molar-refractivity contribution in [2.75, 3.05) is 7.11 Å². The van der Waals surface area contributed by atoms with Crippen molar-refractivity contribution in [3.8, 4) is 5.75 Å². The van der Waals surface area contributed by atoms with E-state index in [9.17, 15) is 0 Å². The van der Waals surface area contributed by atoms with Crippen LogP contribution in [0, 0.1) is 0 Å². The smallest absolute Gasteiger partial charge is 0.119 e. The molecular weight excluding hydrogens is 248 g/mol. The van der Waals surface area contributed by atoms with Gasteiger partial charge in [0.15, 0.2) is 0 Å². The molecule has 2 rings (SSSR count). The Morgan fingerprint density at radius 1 is 0.950 bits per heavy atom. The molecule has 0 aromatic heterocycles. The summed E-state index contributed by atoms with van der Waals surface area (Å²) in [4.78, 5) is 0. The monoisotopic (exact) mass is 270 g/mol. The molecule has 1 unspecified atom stereocenters. The van der Waals surface area contributed by atoms with Crippen LogP contribution in [0.4, 0.5) is 0 Å². The van der Waals surface area contributed by atoms with Crippen molar-refractivity contribution in [3.63, 3.8) is 0 Å². The normalized spacial score (nSPS) is 12.4. The number of hydrogen-bond donors (Lipinski definition) is 2. The van der Waals surface area contributed by atoms with E-state index in [1.165, 1.54) is 5.56 Å². The topological polar surface area (TPSA) is 47.3 Å². The molecule has 0 bridgehead atoms. The summed E-state index contributed by atoms with van der Waals surface area (Å²) in [5, 5.41) is 0. The number of rotatable bonds is 5. The summed E-state index contributed by atoms with van der Waals surface area (Å²) in [6, 6.07) is 16.5. The summed E-state index contributed by atoms with van der Waals surface area (Å²) in [5.41, 5.74) is 6.44. The number of methoxy groups -OCH3 is 1. The number of nitrogens with two attached hydrogens (primary N) is 1. The number of ether oxygens (including phenoxy) is 1. The SMILES string of the molecule is COc1cccc(C(NN)c2ccc(C(C)C)cc2)c1. The molecule has 0 aliphatic heterocycles. The van der Waals surface area contributed by atoms with Crippen molar-refractivity contribution >= 4 is 0 Å². The Hall–Kier alpha value is -1.84. The Labute approximate surface area is 120 Å². The molecule has 0 radical (unpaired) electrons. The molecule has 0 aliphatic carbocycles. The van der Waals surface area contributed by atoms with E-state index in [-0.39, 0.29) is 6.04 Å². The maximum Gasteiger partial charge on any atom is 0.119 e. The molecule has 0 spiro atoms. The molecule has 2 aromatic rings. The van der Waals surface area contributed by atoms with Gasteiger partial charge in [-0.15, -0.1) is 0 Å². The largest absolute Gasteiger partial charge is 0.497 e. The summed E-state index contributed by atoms with van der Waals surface area (Å²) in [7, 11) is 1.67. The van der Waals surface area contributed by atoms with Gasteiger partial charge in [-0.1, -0.05) is 50.2 Å². The van der Waals surface area contributed by atoms with E-state index in [4.69, 9.17) is 10.6 Å². The maximum absolute atomic E-state index is 5.74. The predicted molar refractivity (Wildman–Crippen MR) is 82.7 cm³/mol. The minimum absolute atomic E-state index is 0.0358. The minimum atomic E-state index is -0.0358. The van der Waals surface area contributed by atoms with E-state index < -0.39 is 0 Å². The fourth-order valence-corrected chi connectivity index (χ4v) is 2.28. The Kier molecular flexibility index (Phi) is 4.77. The average Bonchev–Trinajstić information content (AvgIpc) is 2.49. The summed E-state index contributed by atoms with van der Waals surface area (Å²) in [5.74, 6) is 7.10. The molecule has 0 heterocycles. The van der Waals surface area contributed by atoms with Gasteiger partial charge in [-0.3, -0.25) is 5.84 Å². The van der Waals surface area contributed by atoms with Gasteiger partial charge < -0.3 is 4.74 Å². The first-order chi connectivity index (χ1) is 9.65. The van der Waals surface area contributed by atoms with Crippen molar-refractivity contribution in [2.24, 2.45) is 5.84 Å². The molecule has 0 saturated carbocycles. The predicted octanol–water partition coefficient (Wildman–Crippen LogP) is 3.37. The van der Waals surface area contributed by atoms with Crippen LogP contribution in [0.5, 0.6) is 5.75 Å². The van der Waals surface area contributed by atoms with E-state index in [2.05, 4.69) is 43.5 Å². The van der Waals surface area contributed by atoms with Gasteiger partial charge in [0, 0.05) is 0 Å². The molecule has 3 heteroatoms. The van der Waals surface area contributed by atoms with Crippen molar-refractivity contribution in [3.05, 3.63) is 65.2 Å². The van der Waals surface area contributed by atoms with Crippen molar-refractivity contribution in [2.45, 2.75) is 25.8 Å². The zero-order valence-electron chi connectivity index (χ0n) is 12.3. The first kappa shape index (κ1) is 14.6. The lowest BCUT2D eigenvalue weighted by Crippen LogP contribution is -2.28. The fourth-order valence-electron chi connectivity index (χ4n) is 2.28. The lowest BCUT2D eigenvalue weighted by molar-refractivity contribution is 0.413. The highest BCUT2D eigenvalue weighted by molar-refractivity contribution is 5.37. The van der Waals surface area contributed by atoms with Crippen LogP contribution in [0.25, 0.3) is 0 Å². The summed E-state index contributed by atoms with van der Waals surface area (Å²) in [6.45, 7) is 4.38. The Morgan fingerprint density at radius 2 is 1.60 bits per heavy atom. The van der Waals surface area contributed by atoms with Crippen LogP contribution < -0.4 is 16.0 Å². The van der Waals surface area contributed by atoms with Crippen molar-refractivity contribution < 1.29 is 4.74 Å². The maximum atomic E-state index is 5.74. The van der Waals surface area contributed by atoms with Gasteiger partial charge in [-0.2, -0.15) is 0 Å². The van der Waals surface area contributed by atoms with E-state index in [1.807, 2.05) is 24.3 Å². The first-order valence-corrected chi connectivity index (χ1v) is 6.85. The number of nitrogens with one attached hydrogen (secondary N) is 1. The van der Waals surface area contributed by atoms with Gasteiger partial charge in [0.05, 0.1) is 13.2 Å². The van der Waals surface area contributed by atoms with Crippen LogP contribution >= 0.6 is 0 Å². The van der Waals surface area contributed by atoms with Crippen LogP contribution in [0.2, 0.25) is 0 Å². The van der Waals surface area contributed by atoms with Crippen molar-refractivity contribution in [1.82, 2.24) is 5.43 Å². The van der Waals surface area contributed by atoms with Crippen LogP contribution in [0.3, 0.4) is 0 Å². The van der Waals surface area contributed by atoms with E-state index in [0.29, 0.717) is 5.92 Å². The van der Waals surface area contributed by atoms with E-state index >= 15 is 0 Å². The van der Waals surface area contributed by atoms with Gasteiger partial charge >= 0.3 is 0 Å². The highest BCUT2D eigenvalue weighted by atomic mass is 16.5. The average molecular weight is 270 g/mol. The lowest BCUT2D eigenvalue weighted by Gasteiger charge is -2.18. The van der Waals surface area contributed by atoms with Gasteiger partial charge in [0.1, 0.15) is 5.75 Å². The van der Waals surface area contributed by atoms with E-state index in [0.717, 1.165) is 16.9 Å². The summed E-state index contributed by atoms with van der Waals surface area (Å²) >= 11 is 0. The molecule has 0 fully saturated rings. The van der Waals surface area contributed by atoms with Crippen molar-refractivity contribution in [1.29, 1.82) is 0 Å². The zero-order chi connectivity index (χ0) is 14.5. The molecular formula is C17H22N2O. The van der Waals surface area contributed by atoms with Crippen LogP contribution in [0.15, 0.2) is 48.5 Å². The van der Waals surface area contributed by atoms with Gasteiger partial charge in [-0.05, 0) is 34.7 Å². The number of hydrogen-bond acceptors (Lipinski definition) is 3. The zero-order valence-corrected chi connectivity index (χ0v) is 12.3. The molecule has 20 heavy (non-hydrogen) atoms. The minimum Gasteiger partial charge on any atom is -0.497 e. The molecule has 0 aliphatic rings. The third kappa shape index (κ3) is 3.18. The molecule has 106 valence electrons. The molecule has 0 amide bonds. The standard InChI is InChI=1S/C17H22N2O/c1-12(2)13-7-9-14(10-8-13)17(19-18)15-5-4-6-16(11-15)20-3/h4-12,17,19H,18H2,1-3H3. The highest BCUT2D eigenvalue weighted by Crippen LogP contribution is 2.26. The second-order valence-electron chi connectivity index (χ2n) is 5.20. The molecule has 1 atom stereocenters. The first-order valence-electron chi connectivity index (χ1n) is 6.85. The summed E-state index contributed by atoms with van der Waals surface area (Å²) in [6.07, 6.45) is 0. The second kappa shape index (κ2) is 6.55. The third-order valence-corrected chi connectivity index (χ3v) is 3.53. The second-order valence-corrected chi connectivity index (χ2v) is 5.20. The molecule has 0 saturated heterocycles. The Bertz CT molecular complexity index is 549. The third-order valence-electron chi connectivity index (χ3n) is 3.53. The van der Waals surface area contributed by atoms with Crippen LogP contribution in [-0.2, 0) is 0 Å². The number of benzene rings is 2. The van der Waals surface area contributed by atoms with Gasteiger partial charge in [0.2, 0.25) is 0 Å². The van der Waals surface area contributed by atoms with Gasteiger partial charge in [0.25, 0.3) is 0 Å². The lowest BCUT2D eigenvalue weighted by atomic mass is 9.95.